The number of hydrogen-bond acceptors (Lipinski definition) is 8. The summed E-state index contributed by atoms with van der Waals surface area (Å²) in [5.74, 6) is 0.616. The van der Waals surface area contributed by atoms with Gasteiger partial charge in [0, 0.05) is 73.2 Å². The van der Waals surface area contributed by atoms with Gasteiger partial charge in [0.25, 0.3) is 0 Å². The van der Waals surface area contributed by atoms with Crippen molar-refractivity contribution in [1.82, 2.24) is 34.6 Å². The van der Waals surface area contributed by atoms with Crippen LogP contribution in [0.5, 0.6) is 5.75 Å². The summed E-state index contributed by atoms with van der Waals surface area (Å²) in [6.07, 6.45) is 9.78. The molecule has 5 aromatic rings. The minimum absolute atomic E-state index is 0.168. The fraction of sp³-hybridized carbons (Fsp3) is 0.276. The minimum Gasteiger partial charge on any atom is -0.507 e. The zero-order valence-corrected chi connectivity index (χ0v) is 22.0. The van der Waals surface area contributed by atoms with Crippen LogP contribution in [0.4, 0.5) is 10.2 Å². The first kappa shape index (κ1) is 24.2. The number of rotatable bonds is 5. The number of aromatic amines is 1. The van der Waals surface area contributed by atoms with Gasteiger partial charge in [0.1, 0.15) is 29.1 Å². The van der Waals surface area contributed by atoms with Crippen molar-refractivity contribution in [2.75, 3.05) is 18.0 Å². The van der Waals surface area contributed by atoms with Crippen LogP contribution in [0.2, 0.25) is 0 Å². The number of aryl methyl sites for hydroxylation is 2. The number of piperidine rings is 1. The second kappa shape index (κ2) is 9.14. The van der Waals surface area contributed by atoms with Gasteiger partial charge in [-0.25, -0.2) is 14.4 Å². The second-order valence-corrected chi connectivity index (χ2v) is 10.6. The van der Waals surface area contributed by atoms with E-state index in [1.54, 1.807) is 36.4 Å². The van der Waals surface area contributed by atoms with Crippen LogP contribution in [-0.4, -0.2) is 64.9 Å². The third kappa shape index (κ3) is 3.96. The zero-order valence-electron chi connectivity index (χ0n) is 22.0. The summed E-state index contributed by atoms with van der Waals surface area (Å²) in [6, 6.07) is 7.57. The number of phenols is 1. The molecule has 3 saturated heterocycles. The molecule has 3 fully saturated rings. The van der Waals surface area contributed by atoms with E-state index in [2.05, 4.69) is 30.9 Å². The van der Waals surface area contributed by atoms with Gasteiger partial charge in [-0.3, -0.25) is 14.6 Å². The smallest absolute Gasteiger partial charge is 0.147 e. The predicted octanol–water partition coefficient (Wildman–Crippen LogP) is 3.91. The van der Waals surface area contributed by atoms with Crippen molar-refractivity contribution in [3.63, 3.8) is 0 Å². The number of fused-ring (bicyclic) bond motifs is 3. The van der Waals surface area contributed by atoms with Crippen LogP contribution in [0.3, 0.4) is 0 Å². The average molecular weight is 536 g/mol. The molecule has 4 aromatic heterocycles. The molecule has 0 radical (unpaired) electrons. The average Bonchev–Trinajstić information content (AvgIpc) is 3.59. The van der Waals surface area contributed by atoms with Crippen molar-refractivity contribution in [3.8, 4) is 34.3 Å². The van der Waals surface area contributed by atoms with Crippen LogP contribution in [-0.2, 0) is 13.6 Å². The fourth-order valence-electron chi connectivity index (χ4n) is 6.02. The molecule has 0 spiro atoms. The summed E-state index contributed by atoms with van der Waals surface area (Å²) in [4.78, 5) is 21.8. The Labute approximate surface area is 229 Å². The SMILES string of the molecule is Cc1cc(F)cc(CN2C3CC2CN(c2cnc(-c4c(C#N)cnc5[nH]c(-c6cnn(C)c6)cc45)cn2)C3)c1O. The van der Waals surface area contributed by atoms with Gasteiger partial charge in [0.15, 0.2) is 0 Å². The number of pyridine rings is 1. The fourth-order valence-corrected chi connectivity index (χ4v) is 6.02. The summed E-state index contributed by atoms with van der Waals surface area (Å²) < 4.78 is 15.7. The van der Waals surface area contributed by atoms with E-state index in [0.29, 0.717) is 52.2 Å². The number of anilines is 1. The largest absolute Gasteiger partial charge is 0.507 e. The molecule has 0 amide bonds. The summed E-state index contributed by atoms with van der Waals surface area (Å²) in [5, 5.41) is 25.3. The highest BCUT2D eigenvalue weighted by Crippen LogP contribution is 2.38. The van der Waals surface area contributed by atoms with E-state index in [1.807, 2.05) is 19.3 Å². The monoisotopic (exact) mass is 535 g/mol. The lowest BCUT2D eigenvalue weighted by molar-refractivity contribution is -0.00925. The van der Waals surface area contributed by atoms with Crippen LogP contribution >= 0.6 is 0 Å². The predicted molar refractivity (Wildman–Crippen MR) is 147 cm³/mol. The van der Waals surface area contributed by atoms with Crippen molar-refractivity contribution in [1.29, 1.82) is 5.26 Å². The molecular weight excluding hydrogens is 509 g/mol. The highest BCUT2D eigenvalue weighted by molar-refractivity contribution is 5.97. The quantitative estimate of drug-likeness (QED) is 0.347. The third-order valence-electron chi connectivity index (χ3n) is 8.05. The molecule has 0 aliphatic carbocycles. The Morgan fingerprint density at radius 1 is 1.10 bits per heavy atom. The molecule has 10 nitrogen and oxygen atoms in total. The Balaban J connectivity index is 1.12. The van der Waals surface area contributed by atoms with Crippen LogP contribution in [0.25, 0.3) is 33.5 Å². The summed E-state index contributed by atoms with van der Waals surface area (Å²) in [5.41, 5.74) is 5.34. The van der Waals surface area contributed by atoms with Crippen LogP contribution in [0.15, 0.2) is 49.2 Å². The Morgan fingerprint density at radius 2 is 1.93 bits per heavy atom. The van der Waals surface area contributed by atoms with Crippen molar-refractivity contribution >= 4 is 16.9 Å². The van der Waals surface area contributed by atoms with E-state index in [-0.39, 0.29) is 11.6 Å². The number of aromatic nitrogens is 6. The second-order valence-electron chi connectivity index (χ2n) is 10.6. The Kier molecular flexibility index (Phi) is 5.54. The van der Waals surface area contributed by atoms with E-state index in [0.717, 1.165) is 42.0 Å². The van der Waals surface area contributed by atoms with E-state index in [1.165, 1.54) is 12.1 Å². The van der Waals surface area contributed by atoms with Crippen molar-refractivity contribution in [2.45, 2.75) is 32.0 Å². The van der Waals surface area contributed by atoms with Crippen LogP contribution in [0.1, 0.15) is 23.1 Å². The molecule has 2 atom stereocenters. The summed E-state index contributed by atoms with van der Waals surface area (Å²) in [6.45, 7) is 3.78. The Morgan fingerprint density at radius 3 is 2.62 bits per heavy atom. The first-order valence-corrected chi connectivity index (χ1v) is 13.1. The molecule has 3 aliphatic rings. The van der Waals surface area contributed by atoms with E-state index < -0.39 is 0 Å². The van der Waals surface area contributed by atoms with Crippen molar-refractivity contribution in [2.24, 2.45) is 7.05 Å². The Hall–Kier alpha value is -4.82. The number of nitrogens with one attached hydrogen (secondary N) is 1. The number of phenolic OH excluding ortho intramolecular Hbond substituents is 1. The molecule has 11 heteroatoms. The number of nitrogens with zero attached hydrogens (tertiary/aromatic N) is 8. The van der Waals surface area contributed by atoms with E-state index in [9.17, 15) is 14.8 Å². The Bertz CT molecular complexity index is 1790. The molecule has 200 valence electrons. The van der Waals surface area contributed by atoms with E-state index >= 15 is 0 Å². The lowest BCUT2D eigenvalue weighted by Crippen LogP contribution is -2.68. The van der Waals surface area contributed by atoms with Crippen molar-refractivity contribution < 1.29 is 9.50 Å². The molecule has 3 aliphatic heterocycles. The first-order chi connectivity index (χ1) is 19.4. The van der Waals surface area contributed by atoms with Gasteiger partial charge in [-0.1, -0.05) is 0 Å². The van der Waals surface area contributed by atoms with Crippen LogP contribution < -0.4 is 4.90 Å². The number of aromatic hydroxyl groups is 1. The number of hydrogen-bond donors (Lipinski definition) is 2. The molecule has 7 heterocycles. The third-order valence-corrected chi connectivity index (χ3v) is 8.05. The molecule has 2 bridgehead atoms. The maximum atomic E-state index is 13.9. The maximum Gasteiger partial charge on any atom is 0.147 e. The van der Waals surface area contributed by atoms with Gasteiger partial charge in [-0.15, -0.1) is 0 Å². The maximum absolute atomic E-state index is 13.9. The van der Waals surface area contributed by atoms with Crippen LogP contribution in [0, 0.1) is 24.1 Å². The number of H-pyrrole nitrogens is 1. The lowest BCUT2D eigenvalue weighted by Gasteiger charge is -2.56. The normalized spacial score (nSPS) is 18.6. The molecule has 8 rings (SSSR count). The number of piperazine rings is 1. The van der Waals surface area contributed by atoms with Crippen molar-refractivity contribution in [3.05, 3.63) is 71.7 Å². The summed E-state index contributed by atoms with van der Waals surface area (Å²) in [7, 11) is 1.86. The summed E-state index contributed by atoms with van der Waals surface area (Å²) >= 11 is 0. The molecule has 0 saturated carbocycles. The molecule has 40 heavy (non-hydrogen) atoms. The van der Waals surface area contributed by atoms with E-state index in [4.69, 9.17) is 9.97 Å². The van der Waals surface area contributed by atoms with Gasteiger partial charge in [0.05, 0.1) is 35.5 Å². The van der Waals surface area contributed by atoms with Gasteiger partial charge < -0.3 is 15.0 Å². The number of nitriles is 1. The molecule has 2 N–H and O–H groups in total. The molecule has 1 aromatic carbocycles. The van der Waals surface area contributed by atoms with Gasteiger partial charge in [0.2, 0.25) is 0 Å². The number of benzene rings is 1. The molecular formula is C29H26FN9O. The van der Waals surface area contributed by atoms with Gasteiger partial charge in [-0.05, 0) is 37.1 Å². The highest BCUT2D eigenvalue weighted by atomic mass is 19.1. The lowest BCUT2D eigenvalue weighted by atomic mass is 9.86. The molecule has 2 unspecified atom stereocenters. The van der Waals surface area contributed by atoms with Gasteiger partial charge in [-0.2, -0.15) is 10.4 Å². The first-order valence-electron chi connectivity index (χ1n) is 13.1. The zero-order chi connectivity index (χ0) is 27.5. The van der Waals surface area contributed by atoms with Gasteiger partial charge >= 0.3 is 0 Å². The highest BCUT2D eigenvalue weighted by Gasteiger charge is 2.45. The topological polar surface area (TPSA) is 123 Å². The minimum atomic E-state index is -0.327. The standard InChI is InChI=1S/C29H26FN9O/c1-16-3-20(30)4-17(28(16)40)13-39-21-5-22(39)15-38(14-21)26-11-32-25(10-33-26)27-18(7-31)8-34-29-23(27)6-24(36-29)19-9-35-37(2)12-19/h3-4,6,8-12,21-22,40H,5,13-15H2,1-2H3,(H,34,36). The number of halogens is 1.